The van der Waals surface area contributed by atoms with Gasteiger partial charge in [0.15, 0.2) is 0 Å². The van der Waals surface area contributed by atoms with Crippen LogP contribution in [0, 0.1) is 0 Å². The number of unbranched alkanes of at least 4 members (excludes halogenated alkanes) is 22. The van der Waals surface area contributed by atoms with Gasteiger partial charge in [-0.25, -0.2) is 4.57 Å². The van der Waals surface area contributed by atoms with Gasteiger partial charge < -0.3 is 21.1 Å². The first-order valence-electron chi connectivity index (χ1n) is 20.6. The molecule has 0 heterocycles. The van der Waals surface area contributed by atoms with Crippen molar-refractivity contribution in [2.75, 3.05) is 19.8 Å². The summed E-state index contributed by atoms with van der Waals surface area (Å²) < 4.78 is 22.0. The lowest BCUT2D eigenvalue weighted by atomic mass is 10.0. The summed E-state index contributed by atoms with van der Waals surface area (Å²) in [5.74, 6) is -0.217. The first kappa shape index (κ1) is 48.7. The highest BCUT2D eigenvalue weighted by Gasteiger charge is 2.26. The summed E-state index contributed by atoms with van der Waals surface area (Å²) in [6.07, 6.45) is 43.5. The molecule has 0 rings (SSSR count). The Balaban J connectivity index is 4.23. The minimum atomic E-state index is -4.34. The fourth-order valence-corrected chi connectivity index (χ4v) is 6.56. The van der Waals surface area contributed by atoms with Crippen molar-refractivity contribution in [3.05, 3.63) is 36.5 Å². The summed E-state index contributed by atoms with van der Waals surface area (Å²) in [5.41, 5.74) is 5.35. The van der Waals surface area contributed by atoms with Crippen LogP contribution >= 0.6 is 7.82 Å². The second-order valence-corrected chi connectivity index (χ2v) is 15.3. The number of aliphatic hydroxyl groups excluding tert-OH is 1. The van der Waals surface area contributed by atoms with Gasteiger partial charge in [0.05, 0.1) is 25.4 Å². The Morgan fingerprint density at radius 3 is 1.62 bits per heavy atom. The quantitative estimate of drug-likeness (QED) is 0.0283. The van der Waals surface area contributed by atoms with Crippen LogP contribution in [0.5, 0.6) is 0 Å². The fraction of sp³-hybridized carbons (Fsp3) is 0.829. The molecule has 0 radical (unpaired) electrons. The summed E-state index contributed by atoms with van der Waals surface area (Å²) in [4.78, 5) is 22.6. The van der Waals surface area contributed by atoms with E-state index in [1.165, 1.54) is 103 Å². The maximum atomic E-state index is 12.7. The molecular formula is C41H79N2O6P. The predicted molar refractivity (Wildman–Crippen MR) is 212 cm³/mol. The van der Waals surface area contributed by atoms with E-state index in [-0.39, 0.29) is 25.7 Å². The molecule has 0 aliphatic heterocycles. The molecule has 5 N–H and O–H groups in total. The maximum absolute atomic E-state index is 12.7. The Hall–Kier alpha value is -1.28. The highest BCUT2D eigenvalue weighted by Crippen LogP contribution is 2.43. The van der Waals surface area contributed by atoms with E-state index in [9.17, 15) is 19.4 Å². The van der Waals surface area contributed by atoms with E-state index in [0.717, 1.165) is 64.2 Å². The van der Waals surface area contributed by atoms with E-state index in [2.05, 4.69) is 43.5 Å². The zero-order chi connectivity index (χ0) is 36.8. The minimum absolute atomic E-state index is 0.0723. The van der Waals surface area contributed by atoms with Crippen LogP contribution in [0.3, 0.4) is 0 Å². The number of aliphatic hydroxyl groups is 1. The molecule has 0 aliphatic carbocycles. The number of rotatable bonds is 38. The number of hydrogen-bond donors (Lipinski definition) is 4. The van der Waals surface area contributed by atoms with Crippen LogP contribution in [-0.2, 0) is 18.4 Å². The summed E-state index contributed by atoms with van der Waals surface area (Å²) in [5, 5.41) is 13.6. The Bertz CT molecular complexity index is 881. The number of phosphoric ester groups is 1. The third kappa shape index (κ3) is 35.1. The lowest BCUT2D eigenvalue weighted by Gasteiger charge is -2.23. The van der Waals surface area contributed by atoms with Crippen LogP contribution < -0.4 is 11.1 Å². The Kier molecular flexibility index (Phi) is 36.5. The van der Waals surface area contributed by atoms with Crippen LogP contribution in [-0.4, -0.2) is 47.8 Å². The van der Waals surface area contributed by atoms with E-state index in [0.29, 0.717) is 6.42 Å². The van der Waals surface area contributed by atoms with Gasteiger partial charge in [-0.15, -0.1) is 0 Å². The number of nitrogens with one attached hydrogen (secondary N) is 1. The van der Waals surface area contributed by atoms with Crippen molar-refractivity contribution < 1.29 is 28.4 Å². The molecule has 0 fully saturated rings. The molecule has 0 saturated heterocycles. The van der Waals surface area contributed by atoms with Crippen molar-refractivity contribution in [3.8, 4) is 0 Å². The topological polar surface area (TPSA) is 131 Å². The molecular weight excluding hydrogens is 647 g/mol. The summed E-state index contributed by atoms with van der Waals surface area (Å²) >= 11 is 0. The van der Waals surface area contributed by atoms with E-state index < -0.39 is 20.0 Å². The molecule has 0 aromatic heterocycles. The number of hydrogen-bond acceptors (Lipinski definition) is 6. The minimum Gasteiger partial charge on any atom is -0.387 e. The van der Waals surface area contributed by atoms with Gasteiger partial charge in [-0.05, 0) is 51.4 Å². The molecule has 0 spiro atoms. The lowest BCUT2D eigenvalue weighted by molar-refractivity contribution is -0.123. The average molecular weight is 727 g/mol. The normalized spacial score (nSPS) is 14.6. The van der Waals surface area contributed by atoms with Gasteiger partial charge in [0.2, 0.25) is 5.91 Å². The zero-order valence-corrected chi connectivity index (χ0v) is 33.3. The summed E-state index contributed by atoms with van der Waals surface area (Å²) in [6, 6.07) is -0.878. The van der Waals surface area contributed by atoms with Crippen molar-refractivity contribution in [2.24, 2.45) is 5.73 Å². The molecule has 0 aliphatic rings. The highest BCUT2D eigenvalue weighted by atomic mass is 31.2. The second kappa shape index (κ2) is 37.5. The Morgan fingerprint density at radius 2 is 1.10 bits per heavy atom. The molecule has 0 aromatic carbocycles. The zero-order valence-electron chi connectivity index (χ0n) is 32.4. The van der Waals surface area contributed by atoms with E-state index in [1.807, 2.05) is 6.08 Å². The number of phosphoric acid groups is 1. The Labute approximate surface area is 308 Å². The summed E-state index contributed by atoms with van der Waals surface area (Å²) in [7, 11) is -4.34. The second-order valence-electron chi connectivity index (χ2n) is 13.8. The first-order chi connectivity index (χ1) is 24.4. The van der Waals surface area contributed by atoms with E-state index >= 15 is 0 Å². The molecule has 0 bridgehead atoms. The van der Waals surface area contributed by atoms with Crippen LogP contribution in [0.2, 0.25) is 0 Å². The maximum Gasteiger partial charge on any atom is 0.472 e. The van der Waals surface area contributed by atoms with Gasteiger partial charge in [0.1, 0.15) is 0 Å². The van der Waals surface area contributed by atoms with Crippen LogP contribution in [0.4, 0.5) is 0 Å². The highest BCUT2D eigenvalue weighted by molar-refractivity contribution is 7.47. The first-order valence-corrected chi connectivity index (χ1v) is 22.1. The molecule has 9 heteroatoms. The number of amides is 1. The molecule has 3 unspecified atom stereocenters. The van der Waals surface area contributed by atoms with Gasteiger partial charge in [-0.3, -0.25) is 13.8 Å². The van der Waals surface area contributed by atoms with E-state index in [4.69, 9.17) is 14.8 Å². The van der Waals surface area contributed by atoms with Crippen LogP contribution in [0.25, 0.3) is 0 Å². The van der Waals surface area contributed by atoms with Crippen molar-refractivity contribution >= 4 is 13.7 Å². The Morgan fingerprint density at radius 1 is 0.640 bits per heavy atom. The van der Waals surface area contributed by atoms with Crippen LogP contribution in [0.15, 0.2) is 36.5 Å². The van der Waals surface area contributed by atoms with Gasteiger partial charge in [-0.1, -0.05) is 166 Å². The summed E-state index contributed by atoms with van der Waals surface area (Å²) in [6.45, 7) is 4.04. The molecule has 0 saturated carbocycles. The van der Waals surface area contributed by atoms with E-state index in [1.54, 1.807) is 6.08 Å². The van der Waals surface area contributed by atoms with Crippen molar-refractivity contribution in [1.29, 1.82) is 0 Å². The molecule has 294 valence electrons. The van der Waals surface area contributed by atoms with Crippen molar-refractivity contribution in [2.45, 2.75) is 199 Å². The number of carbonyl (C=O) groups excluding carboxylic acids is 1. The SMILES string of the molecule is CCC/C=C\CCCCCCCC(=O)NC(COP(=O)(O)OCCN)C(O)/C=C/CC/C=C/CCCCCCCCCCCCCCCCC. The number of nitrogens with two attached hydrogens (primary N) is 1. The van der Waals surface area contributed by atoms with Gasteiger partial charge in [-0.2, -0.15) is 0 Å². The smallest absolute Gasteiger partial charge is 0.387 e. The third-order valence-corrected chi connectivity index (χ3v) is 9.90. The van der Waals surface area contributed by atoms with Gasteiger partial charge in [0, 0.05) is 13.0 Å². The molecule has 50 heavy (non-hydrogen) atoms. The fourth-order valence-electron chi connectivity index (χ4n) is 5.80. The largest absolute Gasteiger partial charge is 0.472 e. The van der Waals surface area contributed by atoms with Crippen molar-refractivity contribution in [3.63, 3.8) is 0 Å². The molecule has 8 nitrogen and oxygen atoms in total. The molecule has 0 aromatic rings. The predicted octanol–water partition coefficient (Wildman–Crippen LogP) is 11.2. The van der Waals surface area contributed by atoms with Gasteiger partial charge in [0.25, 0.3) is 0 Å². The monoisotopic (exact) mass is 727 g/mol. The third-order valence-electron chi connectivity index (χ3n) is 8.92. The number of allylic oxidation sites excluding steroid dienone is 5. The standard InChI is InChI=1S/C41H79N2O6P/c1-3-5-7-9-11-13-15-16-17-18-19-20-21-22-23-24-25-26-28-30-32-34-40(44)39(38-49-50(46,47)48-37-36-42)43-41(45)35-33-31-29-27-14-12-10-8-6-4-2/h8,10,25-26,32,34,39-40,44H,3-7,9,11-24,27-31,33,35-38,42H2,1-2H3,(H,43,45)(H,46,47)/b10-8-,26-25+,34-32+. The van der Waals surface area contributed by atoms with Crippen LogP contribution in [0.1, 0.15) is 187 Å². The number of carbonyl (C=O) groups is 1. The van der Waals surface area contributed by atoms with Gasteiger partial charge >= 0.3 is 7.82 Å². The molecule has 1 amide bonds. The van der Waals surface area contributed by atoms with Crippen molar-refractivity contribution in [1.82, 2.24) is 5.32 Å². The lowest BCUT2D eigenvalue weighted by Crippen LogP contribution is -2.45. The molecule has 3 atom stereocenters. The average Bonchev–Trinajstić information content (AvgIpc) is 3.10.